The minimum absolute atomic E-state index is 0.111. The van der Waals surface area contributed by atoms with E-state index in [1.807, 2.05) is 54.6 Å². The molecule has 1 aromatic heterocycles. The fourth-order valence-corrected chi connectivity index (χ4v) is 2.18. The average molecular weight is 338 g/mol. The van der Waals surface area contributed by atoms with E-state index in [1.54, 1.807) is 0 Å². The van der Waals surface area contributed by atoms with E-state index in [1.165, 1.54) is 13.2 Å². The van der Waals surface area contributed by atoms with E-state index in [4.69, 9.17) is 14.0 Å². The Hall–Kier alpha value is -3.28. The van der Waals surface area contributed by atoms with Crippen molar-refractivity contribution in [1.82, 2.24) is 10.5 Å². The van der Waals surface area contributed by atoms with Crippen molar-refractivity contribution in [3.63, 3.8) is 0 Å². The van der Waals surface area contributed by atoms with Gasteiger partial charge in [0.05, 0.1) is 13.2 Å². The zero-order chi connectivity index (χ0) is 17.5. The number of carbonyl (C=O) groups excluding carboxylic acids is 1. The number of carbonyl (C=O) groups is 1. The van der Waals surface area contributed by atoms with Gasteiger partial charge in [0.15, 0.2) is 0 Å². The van der Waals surface area contributed by atoms with Gasteiger partial charge in [0.25, 0.3) is 11.8 Å². The quantitative estimate of drug-likeness (QED) is 0.716. The first-order valence-electron chi connectivity index (χ1n) is 7.79. The van der Waals surface area contributed by atoms with Gasteiger partial charge in [-0.05, 0) is 28.4 Å². The van der Waals surface area contributed by atoms with Crippen LogP contribution in [0.15, 0.2) is 65.2 Å². The lowest BCUT2D eigenvalue weighted by Gasteiger charge is -2.08. The van der Waals surface area contributed by atoms with Crippen molar-refractivity contribution in [3.05, 3.63) is 77.6 Å². The van der Waals surface area contributed by atoms with Gasteiger partial charge in [-0.3, -0.25) is 4.79 Å². The number of nitrogens with one attached hydrogen (secondary N) is 1. The Morgan fingerprint density at radius 1 is 1.08 bits per heavy atom. The molecule has 6 nitrogen and oxygen atoms in total. The van der Waals surface area contributed by atoms with E-state index in [0.717, 1.165) is 16.9 Å². The van der Waals surface area contributed by atoms with Gasteiger partial charge in [-0.25, -0.2) is 0 Å². The van der Waals surface area contributed by atoms with Crippen molar-refractivity contribution >= 4 is 5.91 Å². The minimum atomic E-state index is -0.347. The van der Waals surface area contributed by atoms with Crippen LogP contribution in [0.5, 0.6) is 11.6 Å². The van der Waals surface area contributed by atoms with Crippen molar-refractivity contribution < 1.29 is 18.8 Å². The number of rotatable bonds is 7. The molecule has 0 radical (unpaired) electrons. The average Bonchev–Trinajstić information content (AvgIpc) is 3.15. The first-order chi connectivity index (χ1) is 12.2. The molecule has 1 amide bonds. The van der Waals surface area contributed by atoms with E-state index in [-0.39, 0.29) is 17.5 Å². The second-order valence-corrected chi connectivity index (χ2v) is 5.33. The number of hydrogen-bond acceptors (Lipinski definition) is 5. The number of nitrogens with zero attached hydrogens (tertiary/aromatic N) is 1. The summed E-state index contributed by atoms with van der Waals surface area (Å²) in [5.41, 5.74) is 2.06. The predicted octanol–water partition coefficient (Wildman–Crippen LogP) is 3.19. The molecule has 0 atom stereocenters. The molecule has 0 saturated heterocycles. The number of aromatic nitrogens is 1. The monoisotopic (exact) mass is 338 g/mol. The van der Waals surface area contributed by atoms with Crippen LogP contribution in [0.25, 0.3) is 0 Å². The van der Waals surface area contributed by atoms with Gasteiger partial charge in [0.1, 0.15) is 12.4 Å². The van der Waals surface area contributed by atoms with Crippen molar-refractivity contribution in [2.24, 2.45) is 0 Å². The molecule has 6 heteroatoms. The summed E-state index contributed by atoms with van der Waals surface area (Å²) in [6.45, 7) is 0.894. The van der Waals surface area contributed by atoms with Crippen LogP contribution in [0.3, 0.4) is 0 Å². The standard InChI is InChI=1S/C19H18N2O4/c1-23-18-11-17(25-21-18)19(22)20-12-14-7-9-16(10-8-14)24-13-15-5-3-2-4-6-15/h2-11H,12-13H2,1H3,(H,20,22). The van der Waals surface area contributed by atoms with E-state index < -0.39 is 0 Å². The molecule has 1 heterocycles. The molecule has 0 aliphatic rings. The van der Waals surface area contributed by atoms with Crippen molar-refractivity contribution in [1.29, 1.82) is 0 Å². The van der Waals surface area contributed by atoms with E-state index in [0.29, 0.717) is 13.2 Å². The summed E-state index contributed by atoms with van der Waals surface area (Å²) in [7, 11) is 1.46. The highest BCUT2D eigenvalue weighted by atomic mass is 16.5. The Morgan fingerprint density at radius 2 is 1.84 bits per heavy atom. The highest BCUT2D eigenvalue weighted by molar-refractivity contribution is 5.91. The summed E-state index contributed by atoms with van der Waals surface area (Å²) in [4.78, 5) is 11.9. The molecule has 3 aromatic rings. The van der Waals surface area contributed by atoms with Gasteiger partial charge in [0, 0.05) is 6.54 Å². The van der Waals surface area contributed by atoms with Crippen LogP contribution in [0.2, 0.25) is 0 Å². The normalized spacial score (nSPS) is 10.3. The maximum absolute atomic E-state index is 11.9. The van der Waals surface area contributed by atoms with E-state index in [2.05, 4.69) is 10.5 Å². The fourth-order valence-electron chi connectivity index (χ4n) is 2.18. The molecule has 0 saturated carbocycles. The summed E-state index contributed by atoms with van der Waals surface area (Å²) < 4.78 is 15.5. The summed E-state index contributed by atoms with van der Waals surface area (Å²) in [6, 6.07) is 19.0. The highest BCUT2D eigenvalue weighted by Gasteiger charge is 2.12. The molecule has 0 fully saturated rings. The molecule has 25 heavy (non-hydrogen) atoms. The zero-order valence-corrected chi connectivity index (χ0v) is 13.8. The number of hydrogen-bond donors (Lipinski definition) is 1. The summed E-state index contributed by atoms with van der Waals surface area (Å²) >= 11 is 0. The lowest BCUT2D eigenvalue weighted by atomic mass is 10.2. The molecule has 1 N–H and O–H groups in total. The summed E-state index contributed by atoms with van der Waals surface area (Å²) in [6.07, 6.45) is 0. The predicted molar refractivity (Wildman–Crippen MR) is 91.4 cm³/mol. The maximum Gasteiger partial charge on any atom is 0.290 e. The SMILES string of the molecule is COc1cc(C(=O)NCc2ccc(OCc3ccccc3)cc2)on1. The largest absolute Gasteiger partial charge is 0.489 e. The topological polar surface area (TPSA) is 73.6 Å². The molecular weight excluding hydrogens is 320 g/mol. The Balaban J connectivity index is 1.49. The van der Waals surface area contributed by atoms with Crippen LogP contribution >= 0.6 is 0 Å². The number of amides is 1. The van der Waals surface area contributed by atoms with Crippen LogP contribution in [-0.4, -0.2) is 18.2 Å². The van der Waals surface area contributed by atoms with Gasteiger partial charge >= 0.3 is 0 Å². The molecule has 0 aliphatic heterocycles. The molecule has 3 rings (SSSR count). The number of ether oxygens (including phenoxy) is 2. The Bertz CT molecular complexity index is 813. The van der Waals surface area contributed by atoms with E-state index in [9.17, 15) is 4.79 Å². The van der Waals surface area contributed by atoms with E-state index >= 15 is 0 Å². The van der Waals surface area contributed by atoms with Crippen molar-refractivity contribution in [3.8, 4) is 11.6 Å². The first kappa shape index (κ1) is 16.6. The molecule has 0 aliphatic carbocycles. The minimum Gasteiger partial charge on any atom is -0.489 e. The summed E-state index contributed by atoms with van der Waals surface area (Å²) in [5, 5.41) is 6.35. The lowest BCUT2D eigenvalue weighted by molar-refractivity contribution is 0.0913. The molecule has 0 bridgehead atoms. The molecular formula is C19H18N2O4. The van der Waals surface area contributed by atoms with Crippen LogP contribution < -0.4 is 14.8 Å². The van der Waals surface area contributed by atoms with Gasteiger partial charge in [-0.2, -0.15) is 0 Å². The van der Waals surface area contributed by atoms with Gasteiger partial charge < -0.3 is 19.3 Å². The Morgan fingerprint density at radius 3 is 2.52 bits per heavy atom. The third-order valence-electron chi connectivity index (χ3n) is 3.55. The van der Waals surface area contributed by atoms with Crippen LogP contribution in [0.4, 0.5) is 0 Å². The van der Waals surface area contributed by atoms with Crippen molar-refractivity contribution in [2.45, 2.75) is 13.2 Å². The maximum atomic E-state index is 11.9. The lowest BCUT2D eigenvalue weighted by Crippen LogP contribution is -2.22. The Kier molecular flexibility index (Phi) is 5.31. The summed E-state index contributed by atoms with van der Waals surface area (Å²) in [5.74, 6) is 0.809. The molecule has 128 valence electrons. The van der Waals surface area contributed by atoms with Gasteiger partial charge in [-0.15, -0.1) is 0 Å². The smallest absolute Gasteiger partial charge is 0.290 e. The molecule has 0 spiro atoms. The zero-order valence-electron chi connectivity index (χ0n) is 13.8. The molecule has 2 aromatic carbocycles. The second kappa shape index (κ2) is 8.01. The van der Waals surface area contributed by atoms with Crippen LogP contribution in [0, 0.1) is 0 Å². The van der Waals surface area contributed by atoms with Gasteiger partial charge in [-0.1, -0.05) is 42.5 Å². The molecule has 0 unspecified atom stereocenters. The highest BCUT2D eigenvalue weighted by Crippen LogP contribution is 2.15. The first-order valence-corrected chi connectivity index (χ1v) is 7.79. The van der Waals surface area contributed by atoms with Crippen LogP contribution in [-0.2, 0) is 13.2 Å². The second-order valence-electron chi connectivity index (χ2n) is 5.33. The fraction of sp³-hybridized carbons (Fsp3) is 0.158. The third-order valence-corrected chi connectivity index (χ3v) is 3.55. The number of methoxy groups -OCH3 is 1. The third kappa shape index (κ3) is 4.60. The Labute approximate surface area is 145 Å². The number of benzene rings is 2. The van der Waals surface area contributed by atoms with Crippen molar-refractivity contribution in [2.75, 3.05) is 7.11 Å². The van der Waals surface area contributed by atoms with Crippen LogP contribution in [0.1, 0.15) is 21.7 Å². The van der Waals surface area contributed by atoms with Gasteiger partial charge in [0.2, 0.25) is 5.76 Å².